The fraction of sp³-hybridized carbons (Fsp3) is 0.0476. The van der Waals surface area contributed by atoms with Crippen molar-refractivity contribution in [2.24, 2.45) is 0 Å². The summed E-state index contributed by atoms with van der Waals surface area (Å²) < 4.78 is 32.6. The first kappa shape index (κ1) is 22.6. The van der Waals surface area contributed by atoms with E-state index in [1.807, 2.05) is 6.07 Å². The van der Waals surface area contributed by atoms with E-state index in [-0.39, 0.29) is 22.8 Å². The lowest BCUT2D eigenvalue weighted by atomic mass is 10.2. The molecule has 2 aromatic carbocycles. The summed E-state index contributed by atoms with van der Waals surface area (Å²) in [7, 11) is -3.75. The van der Waals surface area contributed by atoms with Crippen molar-refractivity contribution in [1.29, 1.82) is 5.26 Å². The molecule has 1 aromatic heterocycles. The number of carbonyl (C=O) groups excluding carboxylic acids is 1. The Kier molecular flexibility index (Phi) is 7.15. The van der Waals surface area contributed by atoms with Crippen LogP contribution in [-0.4, -0.2) is 14.3 Å². The zero-order valence-electron chi connectivity index (χ0n) is 15.8. The van der Waals surface area contributed by atoms with Crippen molar-refractivity contribution in [3.05, 3.63) is 87.8 Å². The highest BCUT2D eigenvalue weighted by Gasteiger charge is 2.15. The number of amides is 1. The zero-order valence-corrected chi connectivity index (χ0v) is 18.1. The highest BCUT2D eigenvalue weighted by Crippen LogP contribution is 2.17. The van der Waals surface area contributed by atoms with Gasteiger partial charge in [-0.05, 0) is 60.7 Å². The maximum absolute atomic E-state index is 12.3. The molecule has 0 fully saturated rings. The summed E-state index contributed by atoms with van der Waals surface area (Å²) in [5, 5.41) is 12.8. The van der Waals surface area contributed by atoms with Crippen molar-refractivity contribution in [3.63, 3.8) is 0 Å². The van der Waals surface area contributed by atoms with E-state index in [9.17, 15) is 18.5 Å². The second-order valence-electron chi connectivity index (χ2n) is 6.21. The lowest BCUT2D eigenvalue weighted by molar-refractivity contribution is -0.112. The summed E-state index contributed by atoms with van der Waals surface area (Å²) in [6.07, 6.45) is 1.27. The van der Waals surface area contributed by atoms with Gasteiger partial charge in [0.2, 0.25) is 10.0 Å². The molecule has 1 heterocycles. The first-order valence-electron chi connectivity index (χ1n) is 8.79. The van der Waals surface area contributed by atoms with Gasteiger partial charge in [-0.3, -0.25) is 4.79 Å². The Labute approximate surface area is 188 Å². The molecule has 0 saturated carbocycles. The number of nitrogens with one attached hydrogen (secondary N) is 2. The number of furan rings is 1. The molecule has 0 radical (unpaired) electrons. The van der Waals surface area contributed by atoms with E-state index in [0.29, 0.717) is 21.5 Å². The minimum Gasteiger partial charge on any atom is -0.460 e. The standard InChI is InChI=1S/C21H15Cl2N3O4S/c22-15-1-5-17(6-2-15)26-21(27)14(12-24)11-18-7-8-19(30-18)13-25-31(28,29)20-9-3-16(23)4-10-20/h1-11,25H,13H2,(H,26,27)/b14-11-. The van der Waals surface area contributed by atoms with Crippen LogP contribution in [-0.2, 0) is 21.4 Å². The highest BCUT2D eigenvalue weighted by molar-refractivity contribution is 7.89. The van der Waals surface area contributed by atoms with Crippen molar-refractivity contribution in [2.45, 2.75) is 11.4 Å². The molecular weight excluding hydrogens is 461 g/mol. The van der Waals surface area contributed by atoms with Crippen LogP contribution in [0.2, 0.25) is 10.0 Å². The van der Waals surface area contributed by atoms with Crippen LogP contribution in [0.15, 0.2) is 75.5 Å². The maximum Gasteiger partial charge on any atom is 0.266 e. The number of hydrogen-bond acceptors (Lipinski definition) is 5. The minimum atomic E-state index is -3.75. The summed E-state index contributed by atoms with van der Waals surface area (Å²) >= 11 is 11.6. The highest BCUT2D eigenvalue weighted by atomic mass is 35.5. The van der Waals surface area contributed by atoms with E-state index in [1.165, 1.54) is 36.4 Å². The summed E-state index contributed by atoms with van der Waals surface area (Å²) in [4.78, 5) is 12.4. The van der Waals surface area contributed by atoms with Crippen LogP contribution >= 0.6 is 23.2 Å². The van der Waals surface area contributed by atoms with Crippen LogP contribution in [0.3, 0.4) is 0 Å². The van der Waals surface area contributed by atoms with Gasteiger partial charge in [-0.2, -0.15) is 5.26 Å². The van der Waals surface area contributed by atoms with Gasteiger partial charge >= 0.3 is 0 Å². The molecule has 2 N–H and O–H groups in total. The van der Waals surface area contributed by atoms with Gasteiger partial charge in [0.05, 0.1) is 11.4 Å². The molecule has 3 rings (SSSR count). The molecule has 1 amide bonds. The fourth-order valence-corrected chi connectivity index (χ4v) is 3.70. The Morgan fingerprint density at radius 1 is 1.00 bits per heavy atom. The maximum atomic E-state index is 12.3. The van der Waals surface area contributed by atoms with Gasteiger partial charge in [-0.1, -0.05) is 23.2 Å². The van der Waals surface area contributed by atoms with Crippen LogP contribution < -0.4 is 10.0 Å². The van der Waals surface area contributed by atoms with Gasteiger partial charge < -0.3 is 9.73 Å². The minimum absolute atomic E-state index is 0.0641. The monoisotopic (exact) mass is 475 g/mol. The van der Waals surface area contributed by atoms with E-state index < -0.39 is 15.9 Å². The molecule has 0 aliphatic rings. The SMILES string of the molecule is N#C/C(=C/c1ccc(CNS(=O)(=O)c2ccc(Cl)cc2)o1)C(=O)Nc1ccc(Cl)cc1. The number of rotatable bonds is 7. The second kappa shape index (κ2) is 9.81. The molecule has 10 heteroatoms. The smallest absolute Gasteiger partial charge is 0.266 e. The Hall–Kier alpha value is -3.09. The van der Waals surface area contributed by atoms with Crippen LogP contribution in [0.1, 0.15) is 11.5 Å². The summed E-state index contributed by atoms with van der Waals surface area (Å²) in [6, 6.07) is 17.0. The number of anilines is 1. The summed E-state index contributed by atoms with van der Waals surface area (Å²) in [6.45, 7) is -0.113. The predicted molar refractivity (Wildman–Crippen MR) is 118 cm³/mol. The molecule has 0 unspecified atom stereocenters. The molecule has 0 saturated heterocycles. The zero-order chi connectivity index (χ0) is 22.4. The third-order valence-corrected chi connectivity index (χ3v) is 5.92. The Morgan fingerprint density at radius 2 is 1.61 bits per heavy atom. The second-order valence-corrected chi connectivity index (χ2v) is 8.85. The molecule has 158 valence electrons. The predicted octanol–water partition coefficient (Wildman–Crippen LogP) is 4.61. The van der Waals surface area contributed by atoms with Gasteiger partial charge in [0.1, 0.15) is 23.2 Å². The van der Waals surface area contributed by atoms with Crippen LogP contribution in [0.25, 0.3) is 6.08 Å². The van der Waals surface area contributed by atoms with Gasteiger partial charge in [0, 0.05) is 21.8 Å². The van der Waals surface area contributed by atoms with Crippen LogP contribution in [0.5, 0.6) is 0 Å². The molecule has 7 nitrogen and oxygen atoms in total. The third-order valence-electron chi connectivity index (χ3n) is 4.00. The number of halogens is 2. The van der Waals surface area contributed by atoms with E-state index in [4.69, 9.17) is 27.6 Å². The van der Waals surface area contributed by atoms with Gasteiger partial charge in [-0.15, -0.1) is 0 Å². The third kappa shape index (κ3) is 6.20. The van der Waals surface area contributed by atoms with Gasteiger partial charge in [0.25, 0.3) is 5.91 Å². The van der Waals surface area contributed by atoms with E-state index in [2.05, 4.69) is 10.0 Å². The normalized spacial score (nSPS) is 11.7. The van der Waals surface area contributed by atoms with E-state index in [0.717, 1.165) is 0 Å². The molecule has 0 bridgehead atoms. The topological polar surface area (TPSA) is 112 Å². The van der Waals surface area contributed by atoms with Crippen LogP contribution in [0.4, 0.5) is 5.69 Å². The van der Waals surface area contributed by atoms with Crippen molar-refractivity contribution in [3.8, 4) is 6.07 Å². The number of nitrogens with zero attached hydrogens (tertiary/aromatic N) is 1. The molecule has 0 spiro atoms. The molecule has 0 aliphatic heterocycles. The Bertz CT molecular complexity index is 1260. The van der Waals surface area contributed by atoms with Gasteiger partial charge in [-0.25, -0.2) is 13.1 Å². The van der Waals surface area contributed by atoms with E-state index >= 15 is 0 Å². The molecule has 31 heavy (non-hydrogen) atoms. The fourth-order valence-electron chi connectivity index (χ4n) is 2.45. The lowest BCUT2D eigenvalue weighted by Crippen LogP contribution is -2.22. The lowest BCUT2D eigenvalue weighted by Gasteiger charge is -2.05. The largest absolute Gasteiger partial charge is 0.460 e. The summed E-state index contributed by atoms with van der Waals surface area (Å²) in [5.41, 5.74) is 0.296. The molecule has 3 aromatic rings. The average Bonchev–Trinajstić information content (AvgIpc) is 3.20. The van der Waals surface area contributed by atoms with Gasteiger partial charge in [0.15, 0.2) is 0 Å². The number of nitriles is 1. The number of carbonyl (C=O) groups is 1. The molecule has 0 atom stereocenters. The summed E-state index contributed by atoms with van der Waals surface area (Å²) in [5.74, 6) is -0.0890. The van der Waals surface area contributed by atoms with Crippen molar-refractivity contribution >= 4 is 50.9 Å². The van der Waals surface area contributed by atoms with Crippen molar-refractivity contribution < 1.29 is 17.6 Å². The first-order chi connectivity index (χ1) is 14.8. The number of benzene rings is 2. The quantitative estimate of drug-likeness (QED) is 0.382. The first-order valence-corrected chi connectivity index (χ1v) is 11.0. The number of hydrogen-bond donors (Lipinski definition) is 2. The van der Waals surface area contributed by atoms with Crippen molar-refractivity contribution in [2.75, 3.05) is 5.32 Å². The number of sulfonamides is 1. The average molecular weight is 476 g/mol. The van der Waals surface area contributed by atoms with E-state index in [1.54, 1.807) is 30.3 Å². The molecular formula is C21H15Cl2N3O4S. The Balaban J connectivity index is 1.66. The molecule has 0 aliphatic carbocycles. The van der Waals surface area contributed by atoms with Crippen LogP contribution in [0, 0.1) is 11.3 Å². The van der Waals surface area contributed by atoms with Crippen molar-refractivity contribution in [1.82, 2.24) is 4.72 Å². The Morgan fingerprint density at radius 3 is 2.23 bits per heavy atom.